The molecule has 106 valence electrons. The Hall–Kier alpha value is -1.78. The van der Waals surface area contributed by atoms with Gasteiger partial charge in [0.1, 0.15) is 23.9 Å². The molecule has 3 nitrogen and oxygen atoms in total. The maximum absolute atomic E-state index is 13.1. The molecule has 2 rings (SSSR count). The Balaban J connectivity index is 2.15. The summed E-state index contributed by atoms with van der Waals surface area (Å²) in [6, 6.07) is 9.56. The van der Waals surface area contributed by atoms with Crippen LogP contribution in [0.5, 0.6) is 11.5 Å². The molecular formula is C15H14ClFO3. The van der Waals surface area contributed by atoms with Gasteiger partial charge in [0.2, 0.25) is 0 Å². The Morgan fingerprint density at radius 3 is 2.65 bits per heavy atom. The van der Waals surface area contributed by atoms with Crippen LogP contribution in [0.2, 0.25) is 5.02 Å². The highest BCUT2D eigenvalue weighted by Crippen LogP contribution is 2.26. The van der Waals surface area contributed by atoms with E-state index in [0.29, 0.717) is 17.1 Å². The summed E-state index contributed by atoms with van der Waals surface area (Å²) in [5.41, 5.74) is 1.39. The van der Waals surface area contributed by atoms with Gasteiger partial charge in [0, 0.05) is 11.6 Å². The van der Waals surface area contributed by atoms with Gasteiger partial charge >= 0.3 is 0 Å². The van der Waals surface area contributed by atoms with Gasteiger partial charge in [0.25, 0.3) is 0 Å². The molecule has 5 heteroatoms. The van der Waals surface area contributed by atoms with Crippen LogP contribution in [-0.4, -0.2) is 12.2 Å². The quantitative estimate of drug-likeness (QED) is 0.917. The molecule has 0 unspecified atom stereocenters. The maximum atomic E-state index is 13.1. The first-order chi connectivity index (χ1) is 9.63. The van der Waals surface area contributed by atoms with Crippen LogP contribution in [0.15, 0.2) is 36.4 Å². The number of hydrogen-bond donors (Lipinski definition) is 1. The minimum absolute atomic E-state index is 0.0547. The highest BCUT2D eigenvalue weighted by Gasteiger charge is 2.07. The van der Waals surface area contributed by atoms with Crippen molar-refractivity contribution in [3.05, 3.63) is 58.4 Å². The number of benzene rings is 2. The van der Waals surface area contributed by atoms with Gasteiger partial charge in [-0.1, -0.05) is 17.7 Å². The van der Waals surface area contributed by atoms with E-state index in [1.165, 1.54) is 12.1 Å². The predicted octanol–water partition coefficient (Wildman–Crippen LogP) is 3.56. The summed E-state index contributed by atoms with van der Waals surface area (Å²) in [6.07, 6.45) is 0. The first-order valence-electron chi connectivity index (χ1n) is 5.98. The maximum Gasteiger partial charge on any atom is 0.141 e. The molecule has 2 aromatic rings. The van der Waals surface area contributed by atoms with Crippen LogP contribution in [-0.2, 0) is 13.2 Å². The van der Waals surface area contributed by atoms with Crippen LogP contribution >= 0.6 is 11.6 Å². The molecule has 0 amide bonds. The highest BCUT2D eigenvalue weighted by molar-refractivity contribution is 6.30. The summed E-state index contributed by atoms with van der Waals surface area (Å²) in [4.78, 5) is 0. The number of halogens is 2. The van der Waals surface area contributed by atoms with E-state index in [0.717, 1.165) is 5.56 Å². The first-order valence-corrected chi connectivity index (χ1v) is 6.36. The van der Waals surface area contributed by atoms with Crippen molar-refractivity contribution >= 4 is 11.6 Å². The van der Waals surface area contributed by atoms with Gasteiger partial charge in [-0.2, -0.15) is 0 Å². The normalized spacial score (nSPS) is 10.4. The third-order valence-electron chi connectivity index (χ3n) is 2.82. The minimum Gasteiger partial charge on any atom is -0.497 e. The van der Waals surface area contributed by atoms with Gasteiger partial charge in [-0.25, -0.2) is 4.39 Å². The Labute approximate surface area is 121 Å². The minimum atomic E-state index is -0.465. The second kappa shape index (κ2) is 6.59. The van der Waals surface area contributed by atoms with E-state index in [2.05, 4.69) is 0 Å². The molecule has 1 N–H and O–H groups in total. The van der Waals surface area contributed by atoms with Crippen molar-refractivity contribution in [2.45, 2.75) is 13.2 Å². The number of ether oxygens (including phenoxy) is 2. The van der Waals surface area contributed by atoms with Crippen molar-refractivity contribution < 1.29 is 19.0 Å². The standard InChI is InChI=1S/C15H14ClFO3/c1-19-12-4-3-11(8-18)15(7-12)20-9-10-2-5-14(17)13(16)6-10/h2-7,18H,8-9H2,1H3. The summed E-state index contributed by atoms with van der Waals surface area (Å²) < 4.78 is 23.8. The molecule has 0 heterocycles. The average Bonchev–Trinajstić information content (AvgIpc) is 2.48. The van der Waals surface area contributed by atoms with Gasteiger partial charge in [0.05, 0.1) is 18.7 Å². The van der Waals surface area contributed by atoms with Crippen LogP contribution in [0.3, 0.4) is 0 Å². The van der Waals surface area contributed by atoms with Crippen LogP contribution in [0.1, 0.15) is 11.1 Å². The Morgan fingerprint density at radius 1 is 1.20 bits per heavy atom. The summed E-state index contributed by atoms with van der Waals surface area (Å²) in [5.74, 6) is 0.689. The van der Waals surface area contributed by atoms with Gasteiger partial charge in [0.15, 0.2) is 0 Å². The summed E-state index contributed by atoms with van der Waals surface area (Å²) in [5, 5.41) is 9.32. The van der Waals surface area contributed by atoms with Crippen LogP contribution in [0.25, 0.3) is 0 Å². The molecule has 2 aromatic carbocycles. The van der Waals surface area contributed by atoms with Crippen molar-refractivity contribution in [3.8, 4) is 11.5 Å². The van der Waals surface area contributed by atoms with E-state index >= 15 is 0 Å². The lowest BCUT2D eigenvalue weighted by Gasteiger charge is -2.12. The number of aliphatic hydroxyl groups is 1. The number of aliphatic hydroxyl groups excluding tert-OH is 1. The molecular weight excluding hydrogens is 283 g/mol. The van der Waals surface area contributed by atoms with Gasteiger partial charge < -0.3 is 14.6 Å². The zero-order chi connectivity index (χ0) is 14.5. The fourth-order valence-corrected chi connectivity index (χ4v) is 1.92. The molecule has 0 saturated carbocycles. The van der Waals surface area contributed by atoms with Gasteiger partial charge in [-0.3, -0.25) is 0 Å². The van der Waals surface area contributed by atoms with E-state index < -0.39 is 5.82 Å². The Kier molecular flexibility index (Phi) is 4.82. The van der Waals surface area contributed by atoms with E-state index in [1.54, 1.807) is 31.4 Å². The summed E-state index contributed by atoms with van der Waals surface area (Å²) >= 11 is 5.71. The fourth-order valence-electron chi connectivity index (χ4n) is 1.72. The van der Waals surface area contributed by atoms with E-state index in [4.69, 9.17) is 21.1 Å². The molecule has 0 aliphatic carbocycles. The lowest BCUT2D eigenvalue weighted by atomic mass is 10.2. The SMILES string of the molecule is COc1ccc(CO)c(OCc2ccc(F)c(Cl)c2)c1. The van der Waals surface area contributed by atoms with Crippen molar-refractivity contribution in [1.29, 1.82) is 0 Å². The van der Waals surface area contributed by atoms with E-state index in [-0.39, 0.29) is 18.2 Å². The third kappa shape index (κ3) is 3.40. The molecule has 0 radical (unpaired) electrons. The third-order valence-corrected chi connectivity index (χ3v) is 3.11. The molecule has 0 saturated heterocycles. The fraction of sp³-hybridized carbons (Fsp3) is 0.200. The monoisotopic (exact) mass is 296 g/mol. The van der Waals surface area contributed by atoms with Gasteiger partial charge in [-0.05, 0) is 29.8 Å². The topological polar surface area (TPSA) is 38.7 Å². The molecule has 0 spiro atoms. The lowest BCUT2D eigenvalue weighted by molar-refractivity contribution is 0.258. The molecule has 0 fully saturated rings. The Morgan fingerprint density at radius 2 is 2.00 bits per heavy atom. The highest BCUT2D eigenvalue weighted by atomic mass is 35.5. The number of rotatable bonds is 5. The van der Waals surface area contributed by atoms with E-state index in [9.17, 15) is 9.50 Å². The van der Waals surface area contributed by atoms with Crippen molar-refractivity contribution in [1.82, 2.24) is 0 Å². The van der Waals surface area contributed by atoms with Crippen molar-refractivity contribution in [3.63, 3.8) is 0 Å². The van der Waals surface area contributed by atoms with E-state index in [1.807, 2.05) is 0 Å². The summed E-state index contributed by atoms with van der Waals surface area (Å²) in [6.45, 7) is 0.0870. The molecule has 0 aliphatic rings. The molecule has 0 atom stereocenters. The molecule has 0 aliphatic heterocycles. The first kappa shape index (κ1) is 14.6. The van der Waals surface area contributed by atoms with Crippen LogP contribution < -0.4 is 9.47 Å². The number of hydrogen-bond acceptors (Lipinski definition) is 3. The molecule has 20 heavy (non-hydrogen) atoms. The van der Waals surface area contributed by atoms with Gasteiger partial charge in [-0.15, -0.1) is 0 Å². The predicted molar refractivity (Wildman–Crippen MR) is 74.7 cm³/mol. The second-order valence-corrected chi connectivity index (χ2v) is 4.58. The zero-order valence-electron chi connectivity index (χ0n) is 10.9. The van der Waals surface area contributed by atoms with Crippen LogP contribution in [0.4, 0.5) is 4.39 Å². The smallest absolute Gasteiger partial charge is 0.141 e. The molecule has 0 bridgehead atoms. The summed E-state index contributed by atoms with van der Waals surface area (Å²) in [7, 11) is 1.55. The Bertz CT molecular complexity index is 602. The zero-order valence-corrected chi connectivity index (χ0v) is 11.7. The number of methoxy groups -OCH3 is 1. The second-order valence-electron chi connectivity index (χ2n) is 4.17. The molecule has 0 aromatic heterocycles. The largest absolute Gasteiger partial charge is 0.497 e. The lowest BCUT2D eigenvalue weighted by Crippen LogP contribution is -2.00. The van der Waals surface area contributed by atoms with Crippen molar-refractivity contribution in [2.75, 3.05) is 7.11 Å². The average molecular weight is 297 g/mol. The van der Waals surface area contributed by atoms with Crippen molar-refractivity contribution in [2.24, 2.45) is 0 Å². The van der Waals surface area contributed by atoms with Crippen LogP contribution in [0, 0.1) is 5.82 Å².